The maximum absolute atomic E-state index is 14.1. The van der Waals surface area contributed by atoms with E-state index < -0.39 is 23.3 Å². The summed E-state index contributed by atoms with van der Waals surface area (Å²) in [7, 11) is 0. The minimum atomic E-state index is -2.75. The first-order valence-corrected chi connectivity index (χ1v) is 8.67. The SMILES string of the molecule is O=C(Nc1ccc(NCC2CCCO2)c(F)c1)Nc1nnc(C(F)F)s1. The zero-order valence-electron chi connectivity index (χ0n) is 13.5. The van der Waals surface area contributed by atoms with E-state index in [1.165, 1.54) is 12.1 Å². The Kier molecular flexibility index (Phi) is 5.89. The lowest BCUT2D eigenvalue weighted by molar-refractivity contribution is 0.120. The van der Waals surface area contributed by atoms with Gasteiger partial charge in [0, 0.05) is 18.8 Å². The van der Waals surface area contributed by atoms with Crippen molar-refractivity contribution in [3.8, 4) is 0 Å². The number of benzene rings is 1. The minimum Gasteiger partial charge on any atom is -0.380 e. The number of anilines is 3. The standard InChI is InChI=1S/C15H16F3N5O2S/c16-10-6-8(3-4-11(10)19-7-9-2-1-5-25-9)20-14(24)21-15-23-22-13(26-15)12(17)18/h3-4,6,9,12,19H,1-2,5,7H2,(H2,20,21,23,24). The molecule has 0 aliphatic carbocycles. The molecule has 0 saturated carbocycles. The Morgan fingerprint density at radius 1 is 1.35 bits per heavy atom. The second-order valence-electron chi connectivity index (χ2n) is 5.54. The highest BCUT2D eigenvalue weighted by atomic mass is 32.1. The van der Waals surface area contributed by atoms with Gasteiger partial charge in [0.25, 0.3) is 6.43 Å². The van der Waals surface area contributed by atoms with Gasteiger partial charge in [-0.2, -0.15) is 0 Å². The summed E-state index contributed by atoms with van der Waals surface area (Å²) in [4.78, 5) is 11.8. The van der Waals surface area contributed by atoms with Crippen molar-refractivity contribution in [1.29, 1.82) is 0 Å². The molecule has 2 amide bonds. The minimum absolute atomic E-state index is 0.0722. The lowest BCUT2D eigenvalue weighted by Crippen LogP contribution is -2.20. The maximum Gasteiger partial charge on any atom is 0.325 e. The molecule has 0 spiro atoms. The van der Waals surface area contributed by atoms with Crippen LogP contribution < -0.4 is 16.0 Å². The molecule has 7 nitrogen and oxygen atoms in total. The Balaban J connectivity index is 1.53. The molecule has 140 valence electrons. The quantitative estimate of drug-likeness (QED) is 0.701. The summed E-state index contributed by atoms with van der Waals surface area (Å²) < 4.78 is 44.4. The van der Waals surface area contributed by atoms with E-state index in [-0.39, 0.29) is 16.9 Å². The number of nitrogens with zero attached hydrogens (tertiary/aromatic N) is 2. The molecule has 0 bridgehead atoms. The molecular weight excluding hydrogens is 371 g/mol. The predicted octanol–water partition coefficient (Wildman–Crippen LogP) is 3.85. The van der Waals surface area contributed by atoms with E-state index in [1.807, 2.05) is 0 Å². The van der Waals surface area contributed by atoms with Crippen LogP contribution in [0.25, 0.3) is 0 Å². The number of alkyl halides is 2. The second-order valence-corrected chi connectivity index (χ2v) is 6.54. The summed E-state index contributed by atoms with van der Waals surface area (Å²) in [5, 5.41) is 13.8. The van der Waals surface area contributed by atoms with Crippen molar-refractivity contribution in [2.75, 3.05) is 29.1 Å². The largest absolute Gasteiger partial charge is 0.380 e. The van der Waals surface area contributed by atoms with Crippen molar-refractivity contribution in [2.24, 2.45) is 0 Å². The van der Waals surface area contributed by atoms with E-state index in [2.05, 4.69) is 26.1 Å². The molecule has 1 saturated heterocycles. The fraction of sp³-hybridized carbons (Fsp3) is 0.400. The number of carbonyl (C=O) groups excluding carboxylic acids is 1. The summed E-state index contributed by atoms with van der Waals surface area (Å²) in [6.07, 6.45) is -0.744. The highest BCUT2D eigenvalue weighted by molar-refractivity contribution is 7.15. The number of aromatic nitrogens is 2. The van der Waals surface area contributed by atoms with Gasteiger partial charge in [0.15, 0.2) is 5.01 Å². The zero-order chi connectivity index (χ0) is 18.5. The van der Waals surface area contributed by atoms with Crippen molar-refractivity contribution >= 4 is 33.9 Å². The van der Waals surface area contributed by atoms with Gasteiger partial charge in [-0.05, 0) is 31.0 Å². The van der Waals surface area contributed by atoms with E-state index in [0.717, 1.165) is 25.5 Å². The van der Waals surface area contributed by atoms with Gasteiger partial charge >= 0.3 is 6.03 Å². The third-order valence-electron chi connectivity index (χ3n) is 3.62. The van der Waals surface area contributed by atoms with E-state index >= 15 is 0 Å². The first kappa shape index (κ1) is 18.4. The monoisotopic (exact) mass is 387 g/mol. The molecule has 1 fully saturated rings. The molecule has 11 heteroatoms. The topological polar surface area (TPSA) is 88.2 Å². The summed E-state index contributed by atoms with van der Waals surface area (Å²) >= 11 is 0.564. The van der Waals surface area contributed by atoms with Crippen LogP contribution in [0.15, 0.2) is 18.2 Å². The predicted molar refractivity (Wildman–Crippen MR) is 91.4 cm³/mol. The van der Waals surface area contributed by atoms with Gasteiger partial charge in [-0.1, -0.05) is 11.3 Å². The molecule has 0 radical (unpaired) electrons. The second kappa shape index (κ2) is 8.32. The third-order valence-corrected chi connectivity index (χ3v) is 4.46. The third kappa shape index (κ3) is 4.82. The van der Waals surface area contributed by atoms with Gasteiger partial charge in [0.2, 0.25) is 5.13 Å². The van der Waals surface area contributed by atoms with Crippen molar-refractivity contribution < 1.29 is 22.7 Å². The van der Waals surface area contributed by atoms with Crippen LogP contribution in [0, 0.1) is 5.82 Å². The average Bonchev–Trinajstić information content (AvgIpc) is 3.25. The van der Waals surface area contributed by atoms with Crippen molar-refractivity contribution in [2.45, 2.75) is 25.4 Å². The smallest absolute Gasteiger partial charge is 0.325 e. The number of halogens is 3. The van der Waals surface area contributed by atoms with E-state index in [1.54, 1.807) is 0 Å². The van der Waals surface area contributed by atoms with E-state index in [4.69, 9.17) is 4.74 Å². The number of amides is 2. The van der Waals surface area contributed by atoms with Crippen LogP contribution >= 0.6 is 11.3 Å². The molecule has 3 N–H and O–H groups in total. The Morgan fingerprint density at radius 2 is 2.19 bits per heavy atom. The van der Waals surface area contributed by atoms with Crippen LogP contribution in [-0.2, 0) is 4.74 Å². The Bertz CT molecular complexity index is 767. The van der Waals surface area contributed by atoms with E-state index in [0.29, 0.717) is 23.6 Å². The van der Waals surface area contributed by atoms with Crippen LogP contribution in [0.1, 0.15) is 24.3 Å². The number of carbonyl (C=O) groups is 1. The lowest BCUT2D eigenvalue weighted by Gasteiger charge is -2.13. The summed E-state index contributed by atoms with van der Waals surface area (Å²) in [6.45, 7) is 1.23. The maximum atomic E-state index is 14.1. The zero-order valence-corrected chi connectivity index (χ0v) is 14.3. The highest BCUT2D eigenvalue weighted by Gasteiger charge is 2.17. The molecule has 2 heterocycles. The van der Waals surface area contributed by atoms with Crippen LogP contribution in [0.2, 0.25) is 0 Å². The summed E-state index contributed by atoms with van der Waals surface area (Å²) in [5.41, 5.74) is 0.512. The summed E-state index contributed by atoms with van der Waals surface area (Å²) in [5.74, 6) is -0.531. The molecule has 1 aromatic heterocycles. The van der Waals surface area contributed by atoms with E-state index in [9.17, 15) is 18.0 Å². The van der Waals surface area contributed by atoms with Crippen LogP contribution in [0.4, 0.5) is 34.5 Å². The normalized spacial score (nSPS) is 16.7. The summed E-state index contributed by atoms with van der Waals surface area (Å²) in [6, 6.07) is 3.44. The molecular formula is C15H16F3N5O2S. The van der Waals surface area contributed by atoms with Gasteiger partial charge in [0.05, 0.1) is 11.8 Å². The average molecular weight is 387 g/mol. The Hall–Kier alpha value is -2.40. The van der Waals surface area contributed by atoms with Crippen molar-refractivity contribution in [3.05, 3.63) is 29.0 Å². The number of ether oxygens (including phenoxy) is 1. The molecule has 1 aliphatic heterocycles. The van der Waals surface area contributed by atoms with Crippen LogP contribution in [0.3, 0.4) is 0 Å². The Morgan fingerprint density at radius 3 is 2.85 bits per heavy atom. The number of rotatable bonds is 6. The number of urea groups is 1. The van der Waals surface area contributed by atoms with Gasteiger partial charge < -0.3 is 15.4 Å². The molecule has 3 rings (SSSR count). The first-order chi connectivity index (χ1) is 12.5. The van der Waals surface area contributed by atoms with Crippen molar-refractivity contribution in [3.63, 3.8) is 0 Å². The van der Waals surface area contributed by atoms with Crippen LogP contribution in [-0.4, -0.2) is 35.5 Å². The molecule has 26 heavy (non-hydrogen) atoms. The van der Waals surface area contributed by atoms with Gasteiger partial charge in [-0.15, -0.1) is 10.2 Å². The molecule has 2 aromatic rings. The molecule has 1 unspecified atom stereocenters. The van der Waals surface area contributed by atoms with Gasteiger partial charge in [-0.3, -0.25) is 5.32 Å². The Labute approximate surface area is 151 Å². The molecule has 1 atom stereocenters. The fourth-order valence-corrected chi connectivity index (χ4v) is 2.99. The molecule has 1 aromatic carbocycles. The number of hydrogen-bond donors (Lipinski definition) is 3. The van der Waals surface area contributed by atoms with Crippen LogP contribution in [0.5, 0.6) is 0 Å². The lowest BCUT2D eigenvalue weighted by atomic mass is 10.2. The van der Waals surface area contributed by atoms with Crippen molar-refractivity contribution in [1.82, 2.24) is 10.2 Å². The van der Waals surface area contributed by atoms with Gasteiger partial charge in [-0.25, -0.2) is 18.0 Å². The fourth-order valence-electron chi connectivity index (χ4n) is 2.40. The number of hydrogen-bond acceptors (Lipinski definition) is 6. The number of nitrogens with one attached hydrogen (secondary N) is 3. The molecule has 1 aliphatic rings. The van der Waals surface area contributed by atoms with Gasteiger partial charge in [0.1, 0.15) is 5.82 Å². The first-order valence-electron chi connectivity index (χ1n) is 7.86. The highest BCUT2D eigenvalue weighted by Crippen LogP contribution is 2.25.